The van der Waals surface area contributed by atoms with Gasteiger partial charge in [0.1, 0.15) is 0 Å². The molecule has 2 aliphatic rings. The van der Waals surface area contributed by atoms with Crippen molar-refractivity contribution in [2.24, 2.45) is 5.92 Å². The molecule has 1 aromatic carbocycles. The van der Waals surface area contributed by atoms with E-state index < -0.39 is 10.0 Å². The summed E-state index contributed by atoms with van der Waals surface area (Å²) in [6.07, 6.45) is 2.83. The minimum atomic E-state index is -3.61. The molecule has 0 bridgehead atoms. The molecule has 7 nitrogen and oxygen atoms in total. The first-order valence-corrected chi connectivity index (χ1v) is 10.9. The van der Waals surface area contributed by atoms with E-state index in [9.17, 15) is 18.0 Å². The lowest BCUT2D eigenvalue weighted by atomic mass is 9.96. The van der Waals surface area contributed by atoms with Crippen LogP contribution in [0.15, 0.2) is 23.1 Å². The predicted molar refractivity (Wildman–Crippen MR) is 99.8 cm³/mol. The van der Waals surface area contributed by atoms with Crippen LogP contribution < -0.4 is 4.72 Å². The van der Waals surface area contributed by atoms with Gasteiger partial charge in [-0.25, -0.2) is 13.1 Å². The van der Waals surface area contributed by atoms with Gasteiger partial charge in [0.15, 0.2) is 0 Å². The normalized spacial score (nSPS) is 18.4. The summed E-state index contributed by atoms with van der Waals surface area (Å²) in [5.41, 5.74) is 1.13. The lowest BCUT2D eigenvalue weighted by Crippen LogP contribution is -2.41. The highest BCUT2D eigenvalue weighted by atomic mass is 32.2. The van der Waals surface area contributed by atoms with Crippen molar-refractivity contribution in [3.8, 4) is 0 Å². The standard InChI is InChI=1S/C19H26N2O5S/c1-3-26-19(23)14-8-10-21(11-9-14)18(22)17-12-16(7-4-13(17)2)27(24,25)20-15-5-6-15/h4,7,12,14-15,20H,3,5-6,8-11H2,1-2H3. The van der Waals surface area contributed by atoms with Gasteiger partial charge in [0.25, 0.3) is 5.91 Å². The summed E-state index contributed by atoms with van der Waals surface area (Å²) in [5.74, 6) is -0.581. The van der Waals surface area contributed by atoms with E-state index in [0.717, 1.165) is 18.4 Å². The number of piperidine rings is 1. The zero-order chi connectivity index (χ0) is 19.6. The van der Waals surface area contributed by atoms with Crippen LogP contribution in [0.4, 0.5) is 0 Å². The van der Waals surface area contributed by atoms with Crippen LogP contribution in [0, 0.1) is 12.8 Å². The van der Waals surface area contributed by atoms with E-state index in [4.69, 9.17) is 4.74 Å². The van der Waals surface area contributed by atoms with Gasteiger partial charge in [0.05, 0.1) is 17.4 Å². The van der Waals surface area contributed by atoms with Gasteiger partial charge in [-0.05, 0) is 57.2 Å². The minimum Gasteiger partial charge on any atom is -0.466 e. The Balaban J connectivity index is 1.71. The second-order valence-electron chi connectivity index (χ2n) is 7.19. The Hall–Kier alpha value is -1.93. The van der Waals surface area contributed by atoms with Crippen molar-refractivity contribution < 1.29 is 22.7 Å². The number of nitrogens with zero attached hydrogens (tertiary/aromatic N) is 1. The molecule has 8 heteroatoms. The minimum absolute atomic E-state index is 0.0114. The van der Waals surface area contributed by atoms with Crippen molar-refractivity contribution in [2.75, 3.05) is 19.7 Å². The van der Waals surface area contributed by atoms with E-state index in [1.165, 1.54) is 12.1 Å². The molecule has 1 amide bonds. The molecular formula is C19H26N2O5S. The molecule has 0 spiro atoms. The van der Waals surface area contributed by atoms with Gasteiger partial charge in [0.2, 0.25) is 10.0 Å². The second kappa shape index (κ2) is 7.98. The van der Waals surface area contributed by atoms with Crippen molar-refractivity contribution in [1.29, 1.82) is 0 Å². The Morgan fingerprint density at radius 3 is 2.44 bits per heavy atom. The lowest BCUT2D eigenvalue weighted by molar-refractivity contribution is -0.149. The molecule has 1 N–H and O–H groups in total. The fourth-order valence-corrected chi connectivity index (χ4v) is 4.57. The average molecular weight is 394 g/mol. The van der Waals surface area contributed by atoms with Gasteiger partial charge < -0.3 is 9.64 Å². The maximum absolute atomic E-state index is 12.9. The maximum atomic E-state index is 12.9. The quantitative estimate of drug-likeness (QED) is 0.744. The van der Waals surface area contributed by atoms with E-state index in [-0.39, 0.29) is 28.7 Å². The van der Waals surface area contributed by atoms with Crippen LogP contribution in [0.5, 0.6) is 0 Å². The third-order valence-electron chi connectivity index (χ3n) is 5.05. The third-order valence-corrected chi connectivity index (χ3v) is 6.57. The highest BCUT2D eigenvalue weighted by molar-refractivity contribution is 7.89. The topological polar surface area (TPSA) is 92.8 Å². The summed E-state index contributed by atoms with van der Waals surface area (Å²) in [5, 5.41) is 0. The lowest BCUT2D eigenvalue weighted by Gasteiger charge is -2.31. The highest BCUT2D eigenvalue weighted by Gasteiger charge is 2.31. The summed E-state index contributed by atoms with van der Waals surface area (Å²) in [6, 6.07) is 4.67. The summed E-state index contributed by atoms with van der Waals surface area (Å²) in [4.78, 5) is 26.6. The molecular weight excluding hydrogens is 368 g/mol. The van der Waals surface area contributed by atoms with E-state index in [1.54, 1.807) is 24.8 Å². The smallest absolute Gasteiger partial charge is 0.309 e. The zero-order valence-corrected chi connectivity index (χ0v) is 16.5. The predicted octanol–water partition coefficient (Wildman–Crippen LogP) is 1.85. The van der Waals surface area contributed by atoms with Crippen LogP contribution in [0.3, 0.4) is 0 Å². The number of sulfonamides is 1. The van der Waals surface area contributed by atoms with E-state index in [2.05, 4.69) is 4.72 Å². The van der Waals surface area contributed by atoms with Gasteiger partial charge in [-0.2, -0.15) is 0 Å². The molecule has 1 aliphatic heterocycles. The molecule has 0 aromatic heterocycles. The number of hydrogen-bond donors (Lipinski definition) is 1. The van der Waals surface area contributed by atoms with Crippen LogP contribution in [0.1, 0.15) is 48.5 Å². The molecule has 1 saturated carbocycles. The molecule has 1 aliphatic carbocycles. The number of likely N-dealkylation sites (tertiary alicyclic amines) is 1. The summed E-state index contributed by atoms with van der Waals surface area (Å²) >= 11 is 0. The van der Waals surface area contributed by atoms with Gasteiger partial charge in [-0.1, -0.05) is 6.07 Å². The van der Waals surface area contributed by atoms with Crippen LogP contribution in [-0.2, 0) is 19.6 Å². The van der Waals surface area contributed by atoms with Gasteiger partial charge in [-0.15, -0.1) is 0 Å². The van der Waals surface area contributed by atoms with Crippen LogP contribution >= 0.6 is 0 Å². The Bertz CT molecular complexity index is 825. The number of ether oxygens (including phenoxy) is 1. The van der Waals surface area contributed by atoms with Crippen molar-refractivity contribution in [1.82, 2.24) is 9.62 Å². The second-order valence-corrected chi connectivity index (χ2v) is 8.90. The van der Waals surface area contributed by atoms with Gasteiger partial charge in [-0.3, -0.25) is 9.59 Å². The first-order chi connectivity index (χ1) is 12.8. The van der Waals surface area contributed by atoms with Gasteiger partial charge in [0, 0.05) is 24.7 Å². The van der Waals surface area contributed by atoms with Crippen molar-refractivity contribution in [2.45, 2.75) is 50.5 Å². The monoisotopic (exact) mass is 394 g/mol. The number of benzene rings is 1. The number of rotatable bonds is 6. The van der Waals surface area contributed by atoms with Crippen molar-refractivity contribution in [3.05, 3.63) is 29.3 Å². The zero-order valence-electron chi connectivity index (χ0n) is 15.7. The Morgan fingerprint density at radius 2 is 1.85 bits per heavy atom. The number of esters is 1. The average Bonchev–Trinajstić information content (AvgIpc) is 3.45. The molecule has 0 radical (unpaired) electrons. The molecule has 27 heavy (non-hydrogen) atoms. The molecule has 1 heterocycles. The number of carbonyl (C=O) groups excluding carboxylic acids is 2. The summed E-state index contributed by atoms with van der Waals surface area (Å²) in [6.45, 7) is 4.84. The first-order valence-electron chi connectivity index (χ1n) is 9.40. The molecule has 0 unspecified atom stereocenters. The number of nitrogens with one attached hydrogen (secondary N) is 1. The molecule has 0 atom stereocenters. The number of amides is 1. The fourth-order valence-electron chi connectivity index (χ4n) is 3.24. The van der Waals surface area contributed by atoms with Crippen molar-refractivity contribution in [3.63, 3.8) is 0 Å². The van der Waals surface area contributed by atoms with Crippen LogP contribution in [0.2, 0.25) is 0 Å². The van der Waals surface area contributed by atoms with Crippen molar-refractivity contribution >= 4 is 21.9 Å². The molecule has 2 fully saturated rings. The van der Waals surface area contributed by atoms with Crippen LogP contribution in [0.25, 0.3) is 0 Å². The number of carbonyl (C=O) groups is 2. The Kier molecular flexibility index (Phi) is 5.86. The Labute approximate surface area is 160 Å². The Morgan fingerprint density at radius 1 is 1.19 bits per heavy atom. The number of hydrogen-bond acceptors (Lipinski definition) is 5. The molecule has 3 rings (SSSR count). The largest absolute Gasteiger partial charge is 0.466 e. The SMILES string of the molecule is CCOC(=O)C1CCN(C(=O)c2cc(S(=O)(=O)NC3CC3)ccc2C)CC1. The third kappa shape index (κ3) is 4.68. The fraction of sp³-hybridized carbons (Fsp3) is 0.579. The molecule has 1 saturated heterocycles. The van der Waals surface area contributed by atoms with E-state index >= 15 is 0 Å². The molecule has 1 aromatic rings. The number of aryl methyl sites for hydroxylation is 1. The first kappa shape index (κ1) is 19.8. The summed E-state index contributed by atoms with van der Waals surface area (Å²) < 4.78 is 32.6. The van der Waals surface area contributed by atoms with Gasteiger partial charge >= 0.3 is 5.97 Å². The maximum Gasteiger partial charge on any atom is 0.309 e. The van der Waals surface area contributed by atoms with Crippen LogP contribution in [-0.4, -0.2) is 50.9 Å². The van der Waals surface area contributed by atoms with E-state index in [0.29, 0.717) is 38.1 Å². The molecule has 148 valence electrons. The highest BCUT2D eigenvalue weighted by Crippen LogP contribution is 2.25. The van der Waals surface area contributed by atoms with E-state index in [1.807, 2.05) is 0 Å². The summed E-state index contributed by atoms with van der Waals surface area (Å²) in [7, 11) is -3.61.